The summed E-state index contributed by atoms with van der Waals surface area (Å²) in [6.45, 7) is 5.99. The molecule has 1 unspecified atom stereocenters. The zero-order valence-corrected chi connectivity index (χ0v) is 9.70. The van der Waals surface area contributed by atoms with E-state index in [1.807, 2.05) is 37.6 Å². The molecule has 1 heterocycles. The van der Waals surface area contributed by atoms with Crippen LogP contribution in [0.25, 0.3) is 0 Å². The van der Waals surface area contributed by atoms with Gasteiger partial charge in [-0.2, -0.15) is 0 Å². The molecule has 1 N–H and O–H groups in total. The first-order valence-corrected chi connectivity index (χ1v) is 5.03. The number of hydrogen-bond acceptors (Lipinski definition) is 3. The molecular weight excluding hydrogens is 192 g/mol. The van der Waals surface area contributed by atoms with Crippen LogP contribution < -0.4 is 5.43 Å². The molecule has 1 aromatic rings. The SMILES string of the molecule is COC(=O)CC(C)Nn1c(C)ccc1C. The molecule has 0 spiro atoms. The molecule has 4 heteroatoms. The van der Waals surface area contributed by atoms with E-state index in [0.717, 1.165) is 11.4 Å². The monoisotopic (exact) mass is 210 g/mol. The van der Waals surface area contributed by atoms with Crippen molar-refractivity contribution in [2.24, 2.45) is 0 Å². The van der Waals surface area contributed by atoms with E-state index in [9.17, 15) is 4.79 Å². The van der Waals surface area contributed by atoms with Gasteiger partial charge in [-0.3, -0.25) is 9.47 Å². The molecule has 0 aliphatic rings. The molecule has 0 aliphatic carbocycles. The standard InChI is InChI=1S/C11H18N2O2/c1-8(7-11(14)15-4)12-13-9(2)5-6-10(13)3/h5-6,8,12H,7H2,1-4H3. The number of ether oxygens (including phenoxy) is 1. The van der Waals surface area contributed by atoms with Gasteiger partial charge in [-0.25, -0.2) is 0 Å². The minimum absolute atomic E-state index is 0.0576. The number of methoxy groups -OCH3 is 1. The lowest BCUT2D eigenvalue weighted by Gasteiger charge is -2.18. The van der Waals surface area contributed by atoms with Crippen molar-refractivity contribution < 1.29 is 9.53 Å². The number of esters is 1. The maximum atomic E-state index is 11.0. The highest BCUT2D eigenvalue weighted by Gasteiger charge is 2.10. The van der Waals surface area contributed by atoms with Crippen LogP contribution in [0, 0.1) is 13.8 Å². The second-order valence-corrected chi connectivity index (χ2v) is 3.76. The zero-order valence-electron chi connectivity index (χ0n) is 9.70. The van der Waals surface area contributed by atoms with Crippen LogP contribution in [0.3, 0.4) is 0 Å². The van der Waals surface area contributed by atoms with Crippen molar-refractivity contribution in [3.8, 4) is 0 Å². The molecule has 0 aromatic carbocycles. The zero-order chi connectivity index (χ0) is 11.4. The van der Waals surface area contributed by atoms with Gasteiger partial charge in [-0.05, 0) is 32.9 Å². The summed E-state index contributed by atoms with van der Waals surface area (Å²) in [6.07, 6.45) is 0.369. The van der Waals surface area contributed by atoms with Crippen LogP contribution in [-0.2, 0) is 9.53 Å². The number of carbonyl (C=O) groups is 1. The molecule has 84 valence electrons. The summed E-state index contributed by atoms with van der Waals surface area (Å²) >= 11 is 0. The van der Waals surface area contributed by atoms with Gasteiger partial charge in [0.05, 0.1) is 19.6 Å². The summed E-state index contributed by atoms with van der Waals surface area (Å²) in [7, 11) is 1.40. The fourth-order valence-corrected chi connectivity index (χ4v) is 1.47. The number of nitrogens with one attached hydrogen (secondary N) is 1. The van der Waals surface area contributed by atoms with Gasteiger partial charge in [0.15, 0.2) is 0 Å². The highest BCUT2D eigenvalue weighted by Crippen LogP contribution is 2.06. The molecule has 0 saturated heterocycles. The number of aryl methyl sites for hydroxylation is 2. The molecule has 0 bridgehead atoms. The first kappa shape index (κ1) is 11.6. The molecular formula is C11H18N2O2. The van der Waals surface area contributed by atoms with Gasteiger partial charge < -0.3 is 10.2 Å². The van der Waals surface area contributed by atoms with Crippen LogP contribution in [0.15, 0.2) is 12.1 Å². The van der Waals surface area contributed by atoms with Crippen LogP contribution >= 0.6 is 0 Å². The third-order valence-corrected chi connectivity index (χ3v) is 2.32. The normalized spacial score (nSPS) is 12.3. The summed E-state index contributed by atoms with van der Waals surface area (Å²) in [5, 5.41) is 0. The van der Waals surface area contributed by atoms with E-state index in [1.165, 1.54) is 7.11 Å². The van der Waals surface area contributed by atoms with Gasteiger partial charge in [-0.15, -0.1) is 0 Å². The highest BCUT2D eigenvalue weighted by atomic mass is 16.5. The summed E-state index contributed by atoms with van der Waals surface area (Å²) in [5.41, 5.74) is 5.50. The van der Waals surface area contributed by atoms with E-state index >= 15 is 0 Å². The molecule has 1 atom stereocenters. The molecule has 0 aliphatic heterocycles. The van der Waals surface area contributed by atoms with Crippen LogP contribution in [0.4, 0.5) is 0 Å². The number of aromatic nitrogens is 1. The Morgan fingerprint density at radius 3 is 2.47 bits per heavy atom. The predicted molar refractivity (Wildman–Crippen MR) is 59.4 cm³/mol. The van der Waals surface area contributed by atoms with Gasteiger partial charge in [0, 0.05) is 11.4 Å². The van der Waals surface area contributed by atoms with Crippen LogP contribution in [0.5, 0.6) is 0 Å². The van der Waals surface area contributed by atoms with Crippen LogP contribution in [-0.4, -0.2) is 23.8 Å². The molecule has 4 nitrogen and oxygen atoms in total. The maximum absolute atomic E-state index is 11.0. The third-order valence-electron chi connectivity index (χ3n) is 2.32. The van der Waals surface area contributed by atoms with Crippen molar-refractivity contribution in [1.29, 1.82) is 0 Å². The Balaban J connectivity index is 2.58. The second-order valence-electron chi connectivity index (χ2n) is 3.76. The van der Waals surface area contributed by atoms with E-state index in [4.69, 9.17) is 0 Å². The second kappa shape index (κ2) is 4.87. The lowest BCUT2D eigenvalue weighted by Crippen LogP contribution is -2.29. The largest absolute Gasteiger partial charge is 0.469 e. The van der Waals surface area contributed by atoms with E-state index in [2.05, 4.69) is 10.2 Å². The van der Waals surface area contributed by atoms with E-state index in [0.29, 0.717) is 6.42 Å². The van der Waals surface area contributed by atoms with Gasteiger partial charge in [0.1, 0.15) is 0 Å². The summed E-state index contributed by atoms with van der Waals surface area (Å²) in [5.74, 6) is -0.197. The van der Waals surface area contributed by atoms with Gasteiger partial charge >= 0.3 is 5.97 Å². The topological polar surface area (TPSA) is 43.3 Å². The number of carbonyl (C=O) groups excluding carboxylic acids is 1. The summed E-state index contributed by atoms with van der Waals surface area (Å²) in [4.78, 5) is 11.0. The Kier molecular flexibility index (Phi) is 3.77. The molecule has 0 amide bonds. The average Bonchev–Trinajstić information content (AvgIpc) is 2.49. The number of nitrogens with zero attached hydrogens (tertiary/aromatic N) is 1. The first-order chi connectivity index (χ1) is 7.04. The molecule has 0 radical (unpaired) electrons. The lowest BCUT2D eigenvalue weighted by atomic mass is 10.2. The van der Waals surface area contributed by atoms with E-state index < -0.39 is 0 Å². The average molecular weight is 210 g/mol. The smallest absolute Gasteiger partial charge is 0.307 e. The Bertz CT molecular complexity index is 325. The van der Waals surface area contributed by atoms with Gasteiger partial charge in [-0.1, -0.05) is 0 Å². The van der Waals surface area contributed by atoms with Crippen molar-refractivity contribution in [3.05, 3.63) is 23.5 Å². The van der Waals surface area contributed by atoms with Crippen molar-refractivity contribution >= 4 is 5.97 Å². The molecule has 15 heavy (non-hydrogen) atoms. The summed E-state index contributed by atoms with van der Waals surface area (Å²) in [6, 6.07) is 4.13. The Morgan fingerprint density at radius 1 is 1.47 bits per heavy atom. The maximum Gasteiger partial charge on any atom is 0.307 e. The Labute approximate surface area is 90.2 Å². The molecule has 1 rings (SSSR count). The van der Waals surface area contributed by atoms with Gasteiger partial charge in [0.25, 0.3) is 0 Å². The third kappa shape index (κ3) is 3.01. The van der Waals surface area contributed by atoms with Crippen molar-refractivity contribution in [3.63, 3.8) is 0 Å². The van der Waals surface area contributed by atoms with Crippen molar-refractivity contribution in [2.45, 2.75) is 33.2 Å². The molecule has 0 saturated carbocycles. The van der Waals surface area contributed by atoms with Gasteiger partial charge in [0.2, 0.25) is 0 Å². The number of hydrogen-bond donors (Lipinski definition) is 1. The fourth-order valence-electron chi connectivity index (χ4n) is 1.47. The van der Waals surface area contributed by atoms with Crippen molar-refractivity contribution in [1.82, 2.24) is 4.68 Å². The van der Waals surface area contributed by atoms with Crippen LogP contribution in [0.1, 0.15) is 24.7 Å². The number of rotatable bonds is 4. The quantitative estimate of drug-likeness (QED) is 0.768. The minimum Gasteiger partial charge on any atom is -0.469 e. The lowest BCUT2D eigenvalue weighted by molar-refractivity contribution is -0.140. The van der Waals surface area contributed by atoms with Crippen LogP contribution in [0.2, 0.25) is 0 Å². The minimum atomic E-state index is -0.197. The predicted octanol–water partition coefficient (Wildman–Crippen LogP) is 1.60. The fraction of sp³-hybridized carbons (Fsp3) is 0.545. The summed E-state index contributed by atoms with van der Waals surface area (Å²) < 4.78 is 6.59. The molecule has 1 aromatic heterocycles. The van der Waals surface area contributed by atoms with E-state index in [1.54, 1.807) is 0 Å². The molecule has 0 fully saturated rings. The Hall–Kier alpha value is -1.45. The highest BCUT2D eigenvalue weighted by molar-refractivity contribution is 5.70. The Morgan fingerprint density at radius 2 is 2.00 bits per heavy atom. The van der Waals surface area contributed by atoms with E-state index in [-0.39, 0.29) is 12.0 Å². The van der Waals surface area contributed by atoms with Crippen molar-refractivity contribution in [2.75, 3.05) is 12.5 Å². The first-order valence-electron chi connectivity index (χ1n) is 5.03.